The van der Waals surface area contributed by atoms with Crippen molar-refractivity contribution in [3.8, 4) is 0 Å². The zero-order valence-electron chi connectivity index (χ0n) is 8.31. The molecule has 0 aromatic heterocycles. The summed E-state index contributed by atoms with van der Waals surface area (Å²) in [6, 6.07) is 6.39. The first kappa shape index (κ1) is 10.8. The van der Waals surface area contributed by atoms with Crippen LogP contribution in [0.15, 0.2) is 22.7 Å². The second-order valence-electron chi connectivity index (χ2n) is 3.34. The van der Waals surface area contributed by atoms with Crippen LogP contribution in [0.25, 0.3) is 0 Å². The first-order valence-corrected chi connectivity index (χ1v) is 5.57. The van der Waals surface area contributed by atoms with Crippen LogP contribution in [0.2, 0.25) is 0 Å². The van der Waals surface area contributed by atoms with E-state index >= 15 is 0 Å². The molecule has 1 aromatic carbocycles. The van der Waals surface area contributed by atoms with Crippen molar-refractivity contribution in [3.05, 3.63) is 40.2 Å². The summed E-state index contributed by atoms with van der Waals surface area (Å²) in [5.41, 5.74) is 2.86. The van der Waals surface area contributed by atoms with E-state index in [0.717, 1.165) is 0 Å². The Morgan fingerprint density at radius 1 is 1.38 bits per heavy atom. The third kappa shape index (κ3) is 3.15. The number of benzene rings is 1. The van der Waals surface area contributed by atoms with Gasteiger partial charge in [0, 0.05) is 4.47 Å². The van der Waals surface area contributed by atoms with Gasteiger partial charge in [-0.05, 0) is 43.4 Å². The number of unbranched alkanes of at least 4 members (excludes halogenated alkanes) is 2. The van der Waals surface area contributed by atoms with Crippen LogP contribution < -0.4 is 0 Å². The molecule has 1 radical (unpaired) electrons. The van der Waals surface area contributed by atoms with Gasteiger partial charge in [-0.1, -0.05) is 41.4 Å². The van der Waals surface area contributed by atoms with Gasteiger partial charge in [0.25, 0.3) is 0 Å². The monoisotopic (exact) mass is 239 g/mol. The molecule has 0 aliphatic carbocycles. The molecule has 0 bridgehead atoms. The summed E-state index contributed by atoms with van der Waals surface area (Å²) in [6.45, 7) is 4.29. The van der Waals surface area contributed by atoms with Crippen LogP contribution >= 0.6 is 15.9 Å². The second-order valence-corrected chi connectivity index (χ2v) is 4.19. The predicted octanol–water partition coefficient (Wildman–Crippen LogP) is 4.30. The van der Waals surface area contributed by atoms with E-state index in [-0.39, 0.29) is 0 Å². The quantitative estimate of drug-likeness (QED) is 0.688. The maximum atomic E-state index is 3.59. The average molecular weight is 240 g/mol. The lowest BCUT2D eigenvalue weighted by atomic mass is 10.0. The van der Waals surface area contributed by atoms with Crippen molar-refractivity contribution in [2.45, 2.75) is 33.1 Å². The molecule has 1 rings (SSSR count). The molecule has 0 fully saturated rings. The van der Waals surface area contributed by atoms with E-state index in [1.54, 1.807) is 0 Å². The van der Waals surface area contributed by atoms with Crippen molar-refractivity contribution in [1.29, 1.82) is 0 Å². The van der Waals surface area contributed by atoms with E-state index in [1.807, 2.05) is 0 Å². The summed E-state index contributed by atoms with van der Waals surface area (Å²) in [5.74, 6) is 0. The Morgan fingerprint density at radius 3 is 2.77 bits per heavy atom. The SMILES string of the molecule is C[CH]CCCc1c(C)cccc1Br. The zero-order chi connectivity index (χ0) is 9.68. The topological polar surface area (TPSA) is 0 Å². The lowest BCUT2D eigenvalue weighted by molar-refractivity contribution is 0.801. The van der Waals surface area contributed by atoms with Crippen LogP contribution in [0.5, 0.6) is 0 Å². The average Bonchev–Trinajstić information content (AvgIpc) is 2.10. The highest BCUT2D eigenvalue weighted by atomic mass is 79.9. The Kier molecular flexibility index (Phi) is 4.51. The Balaban J connectivity index is 2.64. The van der Waals surface area contributed by atoms with E-state index in [9.17, 15) is 0 Å². The third-order valence-electron chi connectivity index (χ3n) is 2.27. The molecule has 0 nitrogen and oxygen atoms in total. The number of aryl methyl sites for hydroxylation is 1. The maximum absolute atomic E-state index is 3.59. The van der Waals surface area contributed by atoms with Gasteiger partial charge >= 0.3 is 0 Å². The molecular formula is C12H16Br. The lowest BCUT2D eigenvalue weighted by Gasteiger charge is -2.07. The van der Waals surface area contributed by atoms with E-state index < -0.39 is 0 Å². The molecule has 0 N–H and O–H groups in total. The van der Waals surface area contributed by atoms with Crippen molar-refractivity contribution >= 4 is 15.9 Å². The van der Waals surface area contributed by atoms with Gasteiger partial charge in [0.15, 0.2) is 0 Å². The summed E-state index contributed by atoms with van der Waals surface area (Å²) in [7, 11) is 0. The number of hydrogen-bond acceptors (Lipinski definition) is 0. The summed E-state index contributed by atoms with van der Waals surface area (Å²) in [4.78, 5) is 0. The molecule has 1 aromatic rings. The van der Waals surface area contributed by atoms with Gasteiger partial charge in [-0.25, -0.2) is 0 Å². The second kappa shape index (κ2) is 5.43. The van der Waals surface area contributed by atoms with Crippen molar-refractivity contribution in [2.75, 3.05) is 0 Å². The third-order valence-corrected chi connectivity index (χ3v) is 3.02. The van der Waals surface area contributed by atoms with Gasteiger partial charge in [-0.15, -0.1) is 0 Å². The van der Waals surface area contributed by atoms with Gasteiger partial charge in [0.2, 0.25) is 0 Å². The molecule has 1 heteroatoms. The fourth-order valence-corrected chi connectivity index (χ4v) is 2.13. The van der Waals surface area contributed by atoms with E-state index in [0.29, 0.717) is 0 Å². The molecule has 71 valence electrons. The Hall–Kier alpha value is -0.300. The molecule has 0 aliphatic heterocycles. The summed E-state index contributed by atoms with van der Waals surface area (Å²) in [6.07, 6.45) is 5.87. The van der Waals surface area contributed by atoms with Crippen LogP contribution in [0.4, 0.5) is 0 Å². The van der Waals surface area contributed by atoms with Crippen LogP contribution in [-0.2, 0) is 6.42 Å². The highest BCUT2D eigenvalue weighted by molar-refractivity contribution is 9.10. The fourth-order valence-electron chi connectivity index (χ4n) is 1.47. The Bertz CT molecular complexity index is 246. The normalized spacial score (nSPS) is 10.4. The van der Waals surface area contributed by atoms with Crippen LogP contribution in [0.1, 0.15) is 30.9 Å². The smallest absolute Gasteiger partial charge is 0.0209 e. The molecule has 0 unspecified atom stereocenters. The number of hydrogen-bond donors (Lipinski definition) is 0. The first-order valence-electron chi connectivity index (χ1n) is 4.77. The Morgan fingerprint density at radius 2 is 2.15 bits per heavy atom. The van der Waals surface area contributed by atoms with Gasteiger partial charge in [-0.3, -0.25) is 0 Å². The molecule has 0 heterocycles. The van der Waals surface area contributed by atoms with Crippen LogP contribution in [0, 0.1) is 13.3 Å². The fraction of sp³-hybridized carbons (Fsp3) is 0.417. The molecule has 0 saturated carbocycles. The highest BCUT2D eigenvalue weighted by Gasteiger charge is 2.01. The zero-order valence-corrected chi connectivity index (χ0v) is 9.89. The summed E-state index contributed by atoms with van der Waals surface area (Å²) < 4.78 is 1.25. The number of rotatable bonds is 4. The maximum Gasteiger partial charge on any atom is 0.0209 e. The lowest BCUT2D eigenvalue weighted by Crippen LogP contribution is -1.91. The highest BCUT2D eigenvalue weighted by Crippen LogP contribution is 2.22. The standard InChI is InChI=1S/C12H16Br/c1-3-4-5-8-11-10(2)7-6-9-12(11)13/h3,6-7,9H,4-5,8H2,1-2H3. The molecule has 0 aliphatic rings. The minimum atomic E-state index is 1.18. The van der Waals surface area contributed by atoms with E-state index in [2.05, 4.69) is 54.4 Å². The van der Waals surface area contributed by atoms with Gasteiger partial charge in [-0.2, -0.15) is 0 Å². The largest absolute Gasteiger partial charge is 0.0623 e. The Labute approximate surface area is 89.5 Å². The van der Waals surface area contributed by atoms with Crippen molar-refractivity contribution in [2.24, 2.45) is 0 Å². The minimum absolute atomic E-state index is 1.18. The molecule has 0 spiro atoms. The molecule has 0 atom stereocenters. The summed E-state index contributed by atoms with van der Waals surface area (Å²) >= 11 is 3.59. The first-order chi connectivity index (χ1) is 6.25. The van der Waals surface area contributed by atoms with Gasteiger partial charge in [0.05, 0.1) is 0 Å². The minimum Gasteiger partial charge on any atom is -0.0623 e. The van der Waals surface area contributed by atoms with Crippen molar-refractivity contribution < 1.29 is 0 Å². The summed E-state index contributed by atoms with van der Waals surface area (Å²) in [5, 5.41) is 0. The van der Waals surface area contributed by atoms with E-state index in [4.69, 9.17) is 0 Å². The molecular weight excluding hydrogens is 224 g/mol. The van der Waals surface area contributed by atoms with Crippen LogP contribution in [-0.4, -0.2) is 0 Å². The molecule has 13 heavy (non-hydrogen) atoms. The molecule has 0 amide bonds. The van der Waals surface area contributed by atoms with Crippen molar-refractivity contribution in [1.82, 2.24) is 0 Å². The van der Waals surface area contributed by atoms with Crippen molar-refractivity contribution in [3.63, 3.8) is 0 Å². The van der Waals surface area contributed by atoms with Crippen LogP contribution in [0.3, 0.4) is 0 Å². The van der Waals surface area contributed by atoms with E-state index in [1.165, 1.54) is 34.9 Å². The molecule has 0 saturated heterocycles. The number of halogens is 1. The van der Waals surface area contributed by atoms with Gasteiger partial charge in [0.1, 0.15) is 0 Å². The predicted molar refractivity (Wildman–Crippen MR) is 61.8 cm³/mol. The van der Waals surface area contributed by atoms with Gasteiger partial charge < -0.3 is 0 Å².